The first-order valence-electron chi connectivity index (χ1n) is 12.1. The zero-order valence-corrected chi connectivity index (χ0v) is 20.9. The molecule has 3 nitrogen and oxygen atoms in total. The van der Waals surface area contributed by atoms with E-state index in [-0.39, 0.29) is 23.4 Å². The number of benzene rings is 2. The second kappa shape index (κ2) is 10.0. The molecular formula is C28H38O3Si. The van der Waals surface area contributed by atoms with Crippen molar-refractivity contribution in [1.82, 2.24) is 0 Å². The second-order valence-corrected chi connectivity index (χ2v) is 14.6. The van der Waals surface area contributed by atoms with Crippen LogP contribution in [0.1, 0.15) is 52.9 Å². The zero-order chi connectivity index (χ0) is 22.6. The van der Waals surface area contributed by atoms with Crippen LogP contribution in [0.5, 0.6) is 0 Å². The molecule has 2 aromatic rings. The number of hydrogen-bond donors (Lipinski definition) is 0. The molecule has 1 unspecified atom stereocenters. The lowest BCUT2D eigenvalue weighted by atomic mass is 10.0. The van der Waals surface area contributed by atoms with Gasteiger partial charge in [-0.05, 0) is 47.5 Å². The summed E-state index contributed by atoms with van der Waals surface area (Å²) in [5.41, 5.74) is 1.25. The van der Waals surface area contributed by atoms with Crippen molar-refractivity contribution < 1.29 is 13.9 Å². The minimum absolute atomic E-state index is 0.0293. The molecular weight excluding hydrogens is 412 g/mol. The van der Waals surface area contributed by atoms with E-state index in [9.17, 15) is 0 Å². The first-order valence-corrected chi connectivity index (χ1v) is 14.0. The van der Waals surface area contributed by atoms with Crippen LogP contribution in [-0.4, -0.2) is 33.9 Å². The monoisotopic (exact) mass is 450 g/mol. The molecule has 1 aliphatic carbocycles. The molecule has 1 aliphatic heterocycles. The summed E-state index contributed by atoms with van der Waals surface area (Å²) in [5, 5.41) is 2.60. The van der Waals surface area contributed by atoms with Crippen LogP contribution in [0.3, 0.4) is 0 Å². The largest absolute Gasteiger partial charge is 0.407 e. The van der Waals surface area contributed by atoms with Gasteiger partial charge in [-0.25, -0.2) is 0 Å². The standard InChI is InChI=1S/C28H38O3Si/c1-22-18-19-26(31-27-17-11-12-20-29-27)25(22)21-30-32(28(2,3)4,23-13-7-5-8-14-23)24-15-9-6-10-16-24/h5-10,13-16,25-27H,1,11-12,17-21H2,2-4H3/t25-,26-,27?/m0/s1. The molecule has 0 radical (unpaired) electrons. The maximum Gasteiger partial charge on any atom is 0.261 e. The van der Waals surface area contributed by atoms with Gasteiger partial charge in [0, 0.05) is 19.1 Å². The third kappa shape index (κ3) is 4.79. The molecule has 1 saturated carbocycles. The smallest absolute Gasteiger partial charge is 0.261 e. The van der Waals surface area contributed by atoms with Crippen molar-refractivity contribution in [3.8, 4) is 0 Å². The quantitative estimate of drug-likeness (QED) is 0.415. The molecule has 172 valence electrons. The minimum atomic E-state index is -2.56. The molecule has 1 saturated heterocycles. The van der Waals surface area contributed by atoms with Gasteiger partial charge in [0.1, 0.15) is 0 Å². The fourth-order valence-corrected chi connectivity index (χ4v) is 9.94. The van der Waals surface area contributed by atoms with Crippen LogP contribution >= 0.6 is 0 Å². The second-order valence-electron chi connectivity index (χ2n) is 10.2. The van der Waals surface area contributed by atoms with E-state index in [2.05, 4.69) is 88.0 Å². The van der Waals surface area contributed by atoms with E-state index >= 15 is 0 Å². The van der Waals surface area contributed by atoms with E-state index in [4.69, 9.17) is 13.9 Å². The molecule has 2 fully saturated rings. The molecule has 4 heteroatoms. The molecule has 1 heterocycles. The van der Waals surface area contributed by atoms with Gasteiger partial charge in [0.25, 0.3) is 8.32 Å². The van der Waals surface area contributed by atoms with Gasteiger partial charge in [0.05, 0.1) is 6.10 Å². The first-order chi connectivity index (χ1) is 15.4. The third-order valence-corrected chi connectivity index (χ3v) is 12.1. The Morgan fingerprint density at radius 3 is 2.09 bits per heavy atom. The predicted octanol–water partition coefficient (Wildman–Crippen LogP) is 5.44. The molecule has 0 bridgehead atoms. The average Bonchev–Trinajstić information content (AvgIpc) is 3.14. The fraction of sp³-hybridized carbons (Fsp3) is 0.500. The lowest BCUT2D eigenvalue weighted by Crippen LogP contribution is -2.67. The Morgan fingerprint density at radius 2 is 1.56 bits per heavy atom. The number of rotatable bonds is 7. The van der Waals surface area contributed by atoms with Crippen molar-refractivity contribution in [2.24, 2.45) is 5.92 Å². The highest BCUT2D eigenvalue weighted by Gasteiger charge is 2.51. The van der Waals surface area contributed by atoms with Crippen molar-refractivity contribution >= 4 is 18.7 Å². The SMILES string of the molecule is C=C1CC[C@H](OC2CCCCO2)[C@H]1CO[Si](c1ccccc1)(c1ccccc1)C(C)(C)C. The topological polar surface area (TPSA) is 27.7 Å². The summed E-state index contributed by atoms with van der Waals surface area (Å²) in [4.78, 5) is 0. The third-order valence-electron chi connectivity index (χ3n) is 7.08. The Morgan fingerprint density at radius 1 is 0.938 bits per heavy atom. The summed E-state index contributed by atoms with van der Waals surface area (Å²) in [6.45, 7) is 12.8. The van der Waals surface area contributed by atoms with Crippen LogP contribution in [0.4, 0.5) is 0 Å². The lowest BCUT2D eigenvalue weighted by molar-refractivity contribution is -0.194. The highest BCUT2D eigenvalue weighted by molar-refractivity contribution is 6.99. The van der Waals surface area contributed by atoms with Gasteiger partial charge in [-0.15, -0.1) is 0 Å². The van der Waals surface area contributed by atoms with Gasteiger partial charge in [0.2, 0.25) is 0 Å². The Balaban J connectivity index is 1.63. The Labute approximate surface area is 194 Å². The average molecular weight is 451 g/mol. The Hall–Kier alpha value is -1.72. The van der Waals surface area contributed by atoms with Crippen LogP contribution in [0, 0.1) is 5.92 Å². The van der Waals surface area contributed by atoms with Gasteiger partial charge in [0.15, 0.2) is 6.29 Å². The molecule has 3 atom stereocenters. The van der Waals surface area contributed by atoms with Crippen LogP contribution < -0.4 is 10.4 Å². The van der Waals surface area contributed by atoms with Gasteiger partial charge in [-0.2, -0.15) is 0 Å². The summed E-state index contributed by atoms with van der Waals surface area (Å²) in [7, 11) is -2.56. The molecule has 4 rings (SSSR count). The summed E-state index contributed by atoms with van der Waals surface area (Å²) in [5.74, 6) is 0.210. The summed E-state index contributed by atoms with van der Waals surface area (Å²) < 4.78 is 19.5. The molecule has 0 spiro atoms. The van der Waals surface area contributed by atoms with Crippen molar-refractivity contribution in [3.63, 3.8) is 0 Å². The van der Waals surface area contributed by atoms with Gasteiger partial charge < -0.3 is 13.9 Å². The fourth-order valence-electron chi connectivity index (χ4n) is 5.36. The van der Waals surface area contributed by atoms with E-state index in [1.165, 1.54) is 22.4 Å². The van der Waals surface area contributed by atoms with Crippen LogP contribution in [0.25, 0.3) is 0 Å². The van der Waals surface area contributed by atoms with Crippen molar-refractivity contribution in [2.75, 3.05) is 13.2 Å². The highest BCUT2D eigenvalue weighted by Crippen LogP contribution is 2.40. The Bertz CT molecular complexity index is 829. The predicted molar refractivity (Wildman–Crippen MR) is 134 cm³/mol. The van der Waals surface area contributed by atoms with Crippen LogP contribution in [0.2, 0.25) is 5.04 Å². The van der Waals surface area contributed by atoms with E-state index in [1.54, 1.807) is 0 Å². The van der Waals surface area contributed by atoms with Crippen molar-refractivity contribution in [2.45, 2.75) is 70.3 Å². The summed E-state index contributed by atoms with van der Waals surface area (Å²) in [6, 6.07) is 21.7. The van der Waals surface area contributed by atoms with Gasteiger partial charge in [-0.3, -0.25) is 0 Å². The van der Waals surface area contributed by atoms with E-state index in [0.29, 0.717) is 6.61 Å². The summed E-state index contributed by atoms with van der Waals surface area (Å²) >= 11 is 0. The summed E-state index contributed by atoms with van der Waals surface area (Å²) in [6.07, 6.45) is 5.38. The maximum absolute atomic E-state index is 7.20. The first kappa shape index (κ1) is 23.4. The highest BCUT2D eigenvalue weighted by atomic mass is 28.4. The van der Waals surface area contributed by atoms with E-state index in [1.807, 2.05) is 0 Å². The molecule has 0 N–H and O–H groups in total. The number of ether oxygens (including phenoxy) is 2. The lowest BCUT2D eigenvalue weighted by Gasteiger charge is -2.44. The number of hydrogen-bond acceptors (Lipinski definition) is 3. The van der Waals surface area contributed by atoms with Crippen LogP contribution in [-0.2, 0) is 13.9 Å². The van der Waals surface area contributed by atoms with Crippen molar-refractivity contribution in [1.29, 1.82) is 0 Å². The molecule has 2 aliphatic rings. The molecule has 0 amide bonds. The molecule has 2 aromatic carbocycles. The van der Waals surface area contributed by atoms with Crippen LogP contribution in [0.15, 0.2) is 72.8 Å². The van der Waals surface area contributed by atoms with Crippen molar-refractivity contribution in [3.05, 3.63) is 72.8 Å². The maximum atomic E-state index is 7.20. The minimum Gasteiger partial charge on any atom is -0.407 e. The van der Waals surface area contributed by atoms with Gasteiger partial charge >= 0.3 is 0 Å². The normalized spacial score (nSPS) is 24.6. The van der Waals surface area contributed by atoms with E-state index < -0.39 is 8.32 Å². The molecule has 32 heavy (non-hydrogen) atoms. The van der Waals surface area contributed by atoms with E-state index in [0.717, 1.165) is 32.3 Å². The molecule has 0 aromatic heterocycles. The zero-order valence-electron chi connectivity index (χ0n) is 19.9. The van der Waals surface area contributed by atoms with Gasteiger partial charge in [-0.1, -0.05) is 93.6 Å². The Kier molecular flexibility index (Phi) is 7.36.